The molecule has 2 fully saturated rings. The lowest BCUT2D eigenvalue weighted by Crippen LogP contribution is -2.42. The van der Waals surface area contributed by atoms with Crippen molar-refractivity contribution in [1.29, 1.82) is 0 Å². The molecule has 4 nitrogen and oxygen atoms in total. The van der Waals surface area contributed by atoms with Crippen LogP contribution in [0.5, 0.6) is 0 Å². The third-order valence-corrected chi connectivity index (χ3v) is 4.74. The van der Waals surface area contributed by atoms with Gasteiger partial charge in [-0.2, -0.15) is 0 Å². The van der Waals surface area contributed by atoms with Gasteiger partial charge in [-0.15, -0.1) is 12.4 Å². The average molecular weight is 324 g/mol. The Kier molecular flexibility index (Phi) is 6.24. The average Bonchev–Trinajstić information content (AvgIpc) is 2.89. The van der Waals surface area contributed by atoms with Crippen LogP contribution in [0.4, 0.5) is 0 Å². The largest absolute Gasteiger partial charge is 0.342 e. The van der Waals surface area contributed by atoms with Crippen molar-refractivity contribution >= 4 is 18.3 Å². The molecule has 1 aromatic rings. The van der Waals surface area contributed by atoms with Gasteiger partial charge in [0.25, 0.3) is 0 Å². The standard InChI is InChI=1S/C17H25N3O.ClH/c18-16-12-19(11-15(16)14-7-3-1-4-8-14)13-17(21)20-9-5-2-6-10-20;/h1,3-4,7-8,15-16H,2,5-6,9-13,18H2;1H/t15-,16+;/m0./s1. The summed E-state index contributed by atoms with van der Waals surface area (Å²) in [5.74, 6) is 0.621. The second-order valence-electron chi connectivity index (χ2n) is 6.32. The zero-order valence-corrected chi connectivity index (χ0v) is 13.8. The van der Waals surface area contributed by atoms with E-state index in [2.05, 4.69) is 29.2 Å². The smallest absolute Gasteiger partial charge is 0.236 e. The number of amides is 1. The molecule has 2 heterocycles. The third kappa shape index (κ3) is 4.00. The second-order valence-corrected chi connectivity index (χ2v) is 6.32. The Balaban J connectivity index is 0.00000176. The molecule has 0 bridgehead atoms. The summed E-state index contributed by atoms with van der Waals surface area (Å²) < 4.78 is 0. The van der Waals surface area contributed by atoms with Gasteiger partial charge in [-0.25, -0.2) is 0 Å². The van der Waals surface area contributed by atoms with E-state index >= 15 is 0 Å². The molecule has 0 saturated carbocycles. The molecule has 1 amide bonds. The van der Waals surface area contributed by atoms with Crippen molar-refractivity contribution in [2.24, 2.45) is 5.73 Å². The van der Waals surface area contributed by atoms with Crippen LogP contribution in [0.3, 0.4) is 0 Å². The number of rotatable bonds is 3. The van der Waals surface area contributed by atoms with Crippen molar-refractivity contribution in [3.63, 3.8) is 0 Å². The molecule has 0 aromatic heterocycles. The lowest BCUT2D eigenvalue weighted by molar-refractivity contribution is -0.133. The van der Waals surface area contributed by atoms with Gasteiger partial charge in [0.1, 0.15) is 0 Å². The van der Waals surface area contributed by atoms with Gasteiger partial charge in [0, 0.05) is 38.1 Å². The Bertz CT molecular complexity index is 476. The predicted molar refractivity (Wildman–Crippen MR) is 91.3 cm³/mol. The Hall–Kier alpha value is -1.10. The van der Waals surface area contributed by atoms with Gasteiger partial charge in [0.15, 0.2) is 0 Å². The lowest BCUT2D eigenvalue weighted by Gasteiger charge is -2.28. The number of halogens is 1. The number of hydrogen-bond acceptors (Lipinski definition) is 3. The van der Waals surface area contributed by atoms with Crippen LogP contribution in [0.25, 0.3) is 0 Å². The first-order valence-electron chi connectivity index (χ1n) is 8.04. The van der Waals surface area contributed by atoms with E-state index in [0.29, 0.717) is 12.5 Å². The van der Waals surface area contributed by atoms with Gasteiger partial charge in [-0.1, -0.05) is 30.3 Å². The van der Waals surface area contributed by atoms with E-state index in [1.165, 1.54) is 12.0 Å². The first kappa shape index (κ1) is 17.3. The summed E-state index contributed by atoms with van der Waals surface area (Å²) in [6.07, 6.45) is 3.56. The van der Waals surface area contributed by atoms with Crippen molar-refractivity contribution in [1.82, 2.24) is 9.80 Å². The number of likely N-dealkylation sites (tertiary alicyclic amines) is 2. The highest BCUT2D eigenvalue weighted by Crippen LogP contribution is 2.26. The lowest BCUT2D eigenvalue weighted by atomic mass is 9.95. The van der Waals surface area contributed by atoms with Crippen LogP contribution in [0.15, 0.2) is 30.3 Å². The highest BCUT2D eigenvalue weighted by Gasteiger charge is 2.32. The number of carbonyl (C=O) groups excluding carboxylic acids is 1. The van der Waals surface area contributed by atoms with Crippen LogP contribution < -0.4 is 5.73 Å². The number of nitrogens with zero attached hydrogens (tertiary/aromatic N) is 2. The molecule has 122 valence electrons. The SMILES string of the molecule is Cl.N[C@@H]1CN(CC(=O)N2CCCCC2)C[C@H]1c1ccccc1. The highest BCUT2D eigenvalue weighted by molar-refractivity contribution is 5.85. The van der Waals surface area contributed by atoms with Crippen molar-refractivity contribution in [3.8, 4) is 0 Å². The molecule has 2 saturated heterocycles. The highest BCUT2D eigenvalue weighted by atomic mass is 35.5. The van der Waals surface area contributed by atoms with Gasteiger partial charge in [0.2, 0.25) is 5.91 Å². The number of nitrogens with two attached hydrogens (primary N) is 1. The van der Waals surface area contributed by atoms with Gasteiger partial charge in [0.05, 0.1) is 6.54 Å². The minimum atomic E-state index is 0. The summed E-state index contributed by atoms with van der Waals surface area (Å²) in [6.45, 7) is 4.10. The predicted octanol–water partition coefficient (Wildman–Crippen LogP) is 1.85. The molecule has 2 aliphatic heterocycles. The van der Waals surface area contributed by atoms with E-state index in [-0.39, 0.29) is 24.4 Å². The van der Waals surface area contributed by atoms with Crippen molar-refractivity contribution in [2.45, 2.75) is 31.2 Å². The Morgan fingerprint density at radius 1 is 1.09 bits per heavy atom. The molecule has 0 radical (unpaired) electrons. The summed E-state index contributed by atoms with van der Waals surface area (Å²) in [6, 6.07) is 10.6. The van der Waals surface area contributed by atoms with E-state index in [1.54, 1.807) is 0 Å². The Morgan fingerprint density at radius 2 is 1.77 bits per heavy atom. The maximum atomic E-state index is 12.3. The van der Waals surface area contributed by atoms with Gasteiger partial charge < -0.3 is 10.6 Å². The summed E-state index contributed by atoms with van der Waals surface area (Å²) >= 11 is 0. The van der Waals surface area contributed by atoms with Crippen LogP contribution in [-0.2, 0) is 4.79 Å². The minimum Gasteiger partial charge on any atom is -0.342 e. The molecule has 1 aromatic carbocycles. The Labute approximate surface area is 139 Å². The summed E-state index contributed by atoms with van der Waals surface area (Å²) in [5.41, 5.74) is 7.58. The molecule has 22 heavy (non-hydrogen) atoms. The van der Waals surface area contributed by atoms with Crippen LogP contribution >= 0.6 is 12.4 Å². The van der Waals surface area contributed by atoms with Gasteiger partial charge in [-0.3, -0.25) is 9.69 Å². The molecule has 0 unspecified atom stereocenters. The van der Waals surface area contributed by atoms with E-state index in [4.69, 9.17) is 5.73 Å². The quantitative estimate of drug-likeness (QED) is 0.923. The van der Waals surface area contributed by atoms with Crippen LogP contribution in [-0.4, -0.2) is 54.5 Å². The van der Waals surface area contributed by atoms with Crippen molar-refractivity contribution in [2.75, 3.05) is 32.7 Å². The third-order valence-electron chi connectivity index (χ3n) is 4.74. The molecule has 2 aliphatic rings. The number of hydrogen-bond donors (Lipinski definition) is 1. The first-order chi connectivity index (χ1) is 10.2. The zero-order valence-electron chi connectivity index (χ0n) is 13.0. The van der Waals surface area contributed by atoms with Crippen molar-refractivity contribution in [3.05, 3.63) is 35.9 Å². The van der Waals surface area contributed by atoms with Crippen LogP contribution in [0.1, 0.15) is 30.7 Å². The molecule has 3 rings (SSSR count). The monoisotopic (exact) mass is 323 g/mol. The number of benzene rings is 1. The topological polar surface area (TPSA) is 49.6 Å². The number of carbonyl (C=O) groups is 1. The minimum absolute atomic E-state index is 0. The molecular formula is C17H26ClN3O. The van der Waals surface area contributed by atoms with Crippen molar-refractivity contribution < 1.29 is 4.79 Å². The van der Waals surface area contributed by atoms with Gasteiger partial charge >= 0.3 is 0 Å². The normalized spacial score (nSPS) is 25.8. The van der Waals surface area contributed by atoms with E-state index in [9.17, 15) is 4.79 Å². The van der Waals surface area contributed by atoms with E-state index in [1.807, 2.05) is 11.0 Å². The Morgan fingerprint density at radius 3 is 2.45 bits per heavy atom. The molecule has 2 atom stereocenters. The van der Waals surface area contributed by atoms with Crippen LogP contribution in [0.2, 0.25) is 0 Å². The first-order valence-corrected chi connectivity index (χ1v) is 8.04. The summed E-state index contributed by atoms with van der Waals surface area (Å²) in [4.78, 5) is 16.6. The molecule has 0 spiro atoms. The number of piperidine rings is 1. The van der Waals surface area contributed by atoms with Crippen LogP contribution in [0, 0.1) is 0 Å². The molecular weight excluding hydrogens is 298 g/mol. The fourth-order valence-corrected chi connectivity index (χ4v) is 3.53. The summed E-state index contributed by atoms with van der Waals surface area (Å²) in [5, 5.41) is 0. The fourth-order valence-electron chi connectivity index (χ4n) is 3.53. The van der Waals surface area contributed by atoms with Gasteiger partial charge in [-0.05, 0) is 24.8 Å². The van der Waals surface area contributed by atoms with E-state index in [0.717, 1.165) is 39.0 Å². The maximum Gasteiger partial charge on any atom is 0.236 e. The van der Waals surface area contributed by atoms with E-state index < -0.39 is 0 Å². The molecule has 0 aliphatic carbocycles. The summed E-state index contributed by atoms with van der Waals surface area (Å²) in [7, 11) is 0. The fraction of sp³-hybridized carbons (Fsp3) is 0.588. The molecule has 2 N–H and O–H groups in total. The second kappa shape index (κ2) is 7.95. The maximum absolute atomic E-state index is 12.3. The zero-order chi connectivity index (χ0) is 14.7. The molecule has 5 heteroatoms.